The van der Waals surface area contributed by atoms with Crippen LogP contribution in [0.15, 0.2) is 24.3 Å². The van der Waals surface area contributed by atoms with Crippen LogP contribution in [0, 0.1) is 18.8 Å². The van der Waals surface area contributed by atoms with E-state index in [-0.39, 0.29) is 29.7 Å². The van der Waals surface area contributed by atoms with Gasteiger partial charge in [0.05, 0.1) is 6.04 Å². The van der Waals surface area contributed by atoms with Crippen molar-refractivity contribution in [3.8, 4) is 0 Å². The zero-order chi connectivity index (χ0) is 22.4. The number of nitrogens with zero attached hydrogens (tertiary/aromatic N) is 2. The highest BCUT2D eigenvalue weighted by molar-refractivity contribution is 5.98. The van der Waals surface area contributed by atoms with Crippen molar-refractivity contribution >= 4 is 17.7 Å². The van der Waals surface area contributed by atoms with E-state index in [2.05, 4.69) is 19.2 Å². The lowest BCUT2D eigenvalue weighted by molar-refractivity contribution is -0.137. The molecule has 1 saturated heterocycles. The van der Waals surface area contributed by atoms with Crippen molar-refractivity contribution < 1.29 is 14.4 Å². The Morgan fingerprint density at radius 3 is 2.33 bits per heavy atom. The summed E-state index contributed by atoms with van der Waals surface area (Å²) in [5.74, 6) is -0.203. The molecule has 0 bridgehead atoms. The fourth-order valence-electron chi connectivity index (χ4n) is 3.83. The van der Waals surface area contributed by atoms with Crippen LogP contribution in [0.3, 0.4) is 0 Å². The normalized spacial score (nSPS) is 18.7. The average molecular weight is 417 g/mol. The number of carbonyl (C=O) groups is 3. The number of benzene rings is 1. The number of carbonyl (C=O) groups excluding carboxylic acids is 3. The second-order valence-electron chi connectivity index (χ2n) is 8.85. The van der Waals surface area contributed by atoms with Crippen molar-refractivity contribution in [2.75, 3.05) is 26.2 Å². The third-order valence-electron chi connectivity index (χ3n) is 5.36. The SMILES string of the molecule is Cc1ccc(C(=O)N2CC(N(CC(C)C)C(=O)C(C)C)CC2C(=O)NCCN)cc1. The van der Waals surface area contributed by atoms with Crippen LogP contribution in [0.2, 0.25) is 0 Å². The molecule has 1 aromatic rings. The minimum Gasteiger partial charge on any atom is -0.353 e. The Balaban J connectivity index is 2.32. The molecule has 166 valence electrons. The first-order valence-corrected chi connectivity index (χ1v) is 10.8. The van der Waals surface area contributed by atoms with Crippen molar-refractivity contribution in [1.29, 1.82) is 0 Å². The van der Waals surface area contributed by atoms with Gasteiger partial charge in [-0.05, 0) is 31.4 Å². The third-order valence-corrected chi connectivity index (χ3v) is 5.36. The largest absolute Gasteiger partial charge is 0.353 e. The molecule has 2 atom stereocenters. The molecule has 2 unspecified atom stereocenters. The minimum absolute atomic E-state index is 0.0550. The van der Waals surface area contributed by atoms with Gasteiger partial charge in [0, 0.05) is 37.7 Å². The van der Waals surface area contributed by atoms with E-state index >= 15 is 0 Å². The zero-order valence-corrected chi connectivity index (χ0v) is 18.9. The molecule has 1 heterocycles. The van der Waals surface area contributed by atoms with Crippen LogP contribution in [0.25, 0.3) is 0 Å². The number of nitrogens with one attached hydrogen (secondary N) is 1. The molecule has 3 amide bonds. The van der Waals surface area contributed by atoms with E-state index in [0.29, 0.717) is 44.1 Å². The van der Waals surface area contributed by atoms with Crippen LogP contribution in [0.5, 0.6) is 0 Å². The first kappa shape index (κ1) is 23.9. The maximum absolute atomic E-state index is 13.3. The molecular formula is C23H36N4O3. The molecule has 7 heteroatoms. The van der Waals surface area contributed by atoms with Gasteiger partial charge < -0.3 is 20.9 Å². The summed E-state index contributed by atoms with van der Waals surface area (Å²) in [5.41, 5.74) is 7.14. The Morgan fingerprint density at radius 2 is 1.80 bits per heavy atom. The van der Waals surface area contributed by atoms with Gasteiger partial charge in [0.25, 0.3) is 5.91 Å². The van der Waals surface area contributed by atoms with E-state index in [1.807, 2.05) is 37.8 Å². The fourth-order valence-corrected chi connectivity index (χ4v) is 3.83. The molecular weight excluding hydrogens is 380 g/mol. The topological polar surface area (TPSA) is 95.7 Å². The Kier molecular flexibility index (Phi) is 8.41. The molecule has 3 N–H and O–H groups in total. The molecule has 1 aliphatic rings. The molecule has 1 aliphatic heterocycles. The summed E-state index contributed by atoms with van der Waals surface area (Å²) in [6, 6.07) is 6.53. The van der Waals surface area contributed by atoms with Gasteiger partial charge in [0.2, 0.25) is 11.8 Å². The van der Waals surface area contributed by atoms with Gasteiger partial charge in [0.1, 0.15) is 6.04 Å². The van der Waals surface area contributed by atoms with Crippen LogP contribution >= 0.6 is 0 Å². The maximum Gasteiger partial charge on any atom is 0.254 e. The Bertz CT molecular complexity index is 745. The van der Waals surface area contributed by atoms with Gasteiger partial charge in [0.15, 0.2) is 0 Å². The van der Waals surface area contributed by atoms with Crippen LogP contribution < -0.4 is 11.1 Å². The molecule has 7 nitrogen and oxygen atoms in total. The van der Waals surface area contributed by atoms with E-state index in [9.17, 15) is 14.4 Å². The van der Waals surface area contributed by atoms with Crippen LogP contribution in [0.1, 0.15) is 50.0 Å². The summed E-state index contributed by atoms with van der Waals surface area (Å²) < 4.78 is 0. The van der Waals surface area contributed by atoms with Gasteiger partial charge in [-0.3, -0.25) is 14.4 Å². The molecule has 30 heavy (non-hydrogen) atoms. The third kappa shape index (κ3) is 5.81. The minimum atomic E-state index is -0.620. The lowest BCUT2D eigenvalue weighted by Crippen LogP contribution is -2.47. The number of rotatable bonds is 8. The van der Waals surface area contributed by atoms with Gasteiger partial charge in [-0.15, -0.1) is 0 Å². The first-order chi connectivity index (χ1) is 14.1. The fraction of sp³-hybridized carbons (Fsp3) is 0.609. The Labute approximate surface area is 180 Å². The number of nitrogens with two attached hydrogens (primary N) is 1. The number of hydrogen-bond donors (Lipinski definition) is 2. The average Bonchev–Trinajstić information content (AvgIpc) is 3.14. The van der Waals surface area contributed by atoms with Crippen molar-refractivity contribution in [3.63, 3.8) is 0 Å². The Hall–Kier alpha value is -2.41. The standard InChI is InChI=1S/C23H36N4O3/c1-15(2)13-26(22(29)16(3)4)19-12-20(21(28)25-11-10-24)27(14-19)23(30)18-8-6-17(5)7-9-18/h6-9,15-16,19-20H,10-14,24H2,1-5H3,(H,25,28). The van der Waals surface area contributed by atoms with Crippen molar-refractivity contribution in [3.05, 3.63) is 35.4 Å². The molecule has 1 fully saturated rings. The summed E-state index contributed by atoms with van der Waals surface area (Å²) in [6.07, 6.45) is 0.430. The summed E-state index contributed by atoms with van der Waals surface area (Å²) in [7, 11) is 0. The molecule has 0 aliphatic carbocycles. The van der Waals surface area contributed by atoms with Gasteiger partial charge in [-0.2, -0.15) is 0 Å². The van der Waals surface area contributed by atoms with Crippen molar-refractivity contribution in [1.82, 2.24) is 15.1 Å². The highest BCUT2D eigenvalue weighted by Crippen LogP contribution is 2.26. The molecule has 0 aromatic heterocycles. The maximum atomic E-state index is 13.3. The first-order valence-electron chi connectivity index (χ1n) is 10.8. The summed E-state index contributed by atoms with van der Waals surface area (Å²) in [5, 5.41) is 2.81. The van der Waals surface area contributed by atoms with Gasteiger partial charge in [-0.1, -0.05) is 45.4 Å². The summed E-state index contributed by atoms with van der Waals surface area (Å²) in [4.78, 5) is 42.5. The van der Waals surface area contributed by atoms with E-state index < -0.39 is 6.04 Å². The van der Waals surface area contributed by atoms with Crippen molar-refractivity contribution in [2.45, 2.75) is 53.1 Å². The van der Waals surface area contributed by atoms with Crippen LogP contribution in [-0.2, 0) is 9.59 Å². The lowest BCUT2D eigenvalue weighted by Gasteiger charge is -2.32. The molecule has 0 saturated carbocycles. The molecule has 0 spiro atoms. The lowest BCUT2D eigenvalue weighted by atomic mass is 10.0. The van der Waals surface area contributed by atoms with Crippen LogP contribution in [-0.4, -0.2) is 65.8 Å². The highest BCUT2D eigenvalue weighted by atomic mass is 16.2. The number of likely N-dealkylation sites (tertiary alicyclic amines) is 1. The summed E-state index contributed by atoms with van der Waals surface area (Å²) >= 11 is 0. The van der Waals surface area contributed by atoms with Gasteiger partial charge >= 0.3 is 0 Å². The number of hydrogen-bond acceptors (Lipinski definition) is 4. The van der Waals surface area contributed by atoms with E-state index in [0.717, 1.165) is 5.56 Å². The van der Waals surface area contributed by atoms with E-state index in [1.165, 1.54) is 0 Å². The molecule has 0 radical (unpaired) electrons. The summed E-state index contributed by atoms with van der Waals surface area (Å²) in [6.45, 7) is 11.5. The van der Waals surface area contributed by atoms with E-state index in [1.54, 1.807) is 17.0 Å². The Morgan fingerprint density at radius 1 is 1.17 bits per heavy atom. The highest BCUT2D eigenvalue weighted by Gasteiger charge is 2.43. The smallest absolute Gasteiger partial charge is 0.254 e. The quantitative estimate of drug-likeness (QED) is 0.675. The predicted octanol–water partition coefficient (Wildman–Crippen LogP) is 1.79. The number of aryl methyl sites for hydroxylation is 1. The van der Waals surface area contributed by atoms with Crippen molar-refractivity contribution in [2.24, 2.45) is 17.6 Å². The van der Waals surface area contributed by atoms with Gasteiger partial charge in [-0.25, -0.2) is 0 Å². The molecule has 1 aromatic carbocycles. The molecule has 2 rings (SSSR count). The van der Waals surface area contributed by atoms with E-state index in [4.69, 9.17) is 5.73 Å². The predicted molar refractivity (Wildman–Crippen MR) is 118 cm³/mol. The zero-order valence-electron chi connectivity index (χ0n) is 18.9. The second kappa shape index (κ2) is 10.6. The van der Waals surface area contributed by atoms with Crippen LogP contribution in [0.4, 0.5) is 0 Å². The second-order valence-corrected chi connectivity index (χ2v) is 8.85. The number of amides is 3. The monoisotopic (exact) mass is 416 g/mol.